The third-order valence-corrected chi connectivity index (χ3v) is 2.37. The highest BCUT2D eigenvalue weighted by Gasteiger charge is 2.29. The molecule has 0 aliphatic rings. The van der Waals surface area contributed by atoms with Crippen LogP contribution in [-0.2, 0) is 16.1 Å². The van der Waals surface area contributed by atoms with Gasteiger partial charge in [0.1, 0.15) is 6.61 Å². The molecule has 0 fully saturated rings. The van der Waals surface area contributed by atoms with Crippen LogP contribution < -0.4 is 0 Å². The molecule has 17 heavy (non-hydrogen) atoms. The largest absolute Gasteiger partial charge is 0.455 e. The number of nitrogens with zero attached hydrogens (tertiary/aromatic N) is 1. The summed E-state index contributed by atoms with van der Waals surface area (Å²) >= 11 is 0. The minimum Gasteiger partial charge on any atom is -0.455 e. The van der Waals surface area contributed by atoms with Gasteiger partial charge in [0.2, 0.25) is 0 Å². The van der Waals surface area contributed by atoms with Gasteiger partial charge in [-0.3, -0.25) is 0 Å². The standard InChI is InChI=1S/C14H18NO2/c1-11(2)9-13(15-3)14(16)17-10-12-7-5-4-6-8-12/h3-8,11,13H,9-10H2,1-2H3/q+1/t13-/m0/s1. The molecule has 90 valence electrons. The second kappa shape index (κ2) is 6.70. The Morgan fingerprint density at radius 3 is 2.53 bits per heavy atom. The van der Waals surface area contributed by atoms with Crippen LogP contribution in [0, 0.1) is 12.5 Å². The van der Waals surface area contributed by atoms with Crippen molar-refractivity contribution >= 4 is 5.97 Å². The molecule has 1 atom stereocenters. The van der Waals surface area contributed by atoms with Gasteiger partial charge in [-0.15, -0.1) is 0 Å². The fourth-order valence-electron chi connectivity index (χ4n) is 1.49. The monoisotopic (exact) mass is 232 g/mol. The number of hydrogen-bond donors (Lipinski definition) is 0. The third kappa shape index (κ3) is 4.69. The zero-order chi connectivity index (χ0) is 12.7. The van der Waals surface area contributed by atoms with Crippen LogP contribution in [-0.4, -0.2) is 12.0 Å². The number of benzene rings is 1. The maximum atomic E-state index is 11.7. The van der Waals surface area contributed by atoms with Crippen LogP contribution in [0.4, 0.5) is 0 Å². The van der Waals surface area contributed by atoms with Crippen LogP contribution in [0.3, 0.4) is 0 Å². The Kier molecular flexibility index (Phi) is 5.22. The first-order valence-corrected chi connectivity index (χ1v) is 5.74. The molecule has 0 N–H and O–H groups in total. The smallest absolute Gasteiger partial charge is 0.395 e. The number of hydrogen-bond acceptors (Lipinski definition) is 2. The summed E-state index contributed by atoms with van der Waals surface area (Å²) in [5.41, 5.74) is 0.959. The predicted molar refractivity (Wildman–Crippen MR) is 67.8 cm³/mol. The van der Waals surface area contributed by atoms with Crippen molar-refractivity contribution in [2.75, 3.05) is 0 Å². The van der Waals surface area contributed by atoms with Crippen molar-refractivity contribution in [3.05, 3.63) is 40.7 Å². The average molecular weight is 232 g/mol. The summed E-state index contributed by atoms with van der Waals surface area (Å²) in [7, 11) is 0. The van der Waals surface area contributed by atoms with Crippen LogP contribution in [0.1, 0.15) is 25.8 Å². The van der Waals surface area contributed by atoms with Crippen molar-refractivity contribution in [3.8, 4) is 6.57 Å². The van der Waals surface area contributed by atoms with Gasteiger partial charge in [0, 0.05) is 6.42 Å². The summed E-state index contributed by atoms with van der Waals surface area (Å²) in [6.45, 7) is 9.52. The minimum absolute atomic E-state index is 0.268. The van der Waals surface area contributed by atoms with E-state index in [0.29, 0.717) is 12.3 Å². The van der Waals surface area contributed by atoms with E-state index in [-0.39, 0.29) is 12.6 Å². The average Bonchev–Trinajstić information content (AvgIpc) is 2.34. The van der Waals surface area contributed by atoms with Gasteiger partial charge in [0.05, 0.1) is 0 Å². The maximum Gasteiger partial charge on any atom is 0.395 e. The van der Waals surface area contributed by atoms with E-state index in [1.165, 1.54) is 0 Å². The van der Waals surface area contributed by atoms with Crippen LogP contribution in [0.15, 0.2) is 30.3 Å². The molecular weight excluding hydrogens is 214 g/mol. The quantitative estimate of drug-likeness (QED) is 0.730. The molecule has 3 heteroatoms. The highest BCUT2D eigenvalue weighted by Crippen LogP contribution is 2.11. The lowest BCUT2D eigenvalue weighted by Crippen LogP contribution is -2.21. The summed E-state index contributed by atoms with van der Waals surface area (Å²) in [5.74, 6) is 0.00151. The Morgan fingerprint density at radius 2 is 2.00 bits per heavy atom. The zero-order valence-electron chi connectivity index (χ0n) is 10.3. The summed E-state index contributed by atoms with van der Waals surface area (Å²) in [4.78, 5) is 15.3. The molecule has 0 amide bonds. The molecular formula is C14H18NO2+. The second-order valence-electron chi connectivity index (χ2n) is 4.39. The maximum absolute atomic E-state index is 11.7. The van der Waals surface area contributed by atoms with E-state index < -0.39 is 6.04 Å². The fourth-order valence-corrected chi connectivity index (χ4v) is 1.49. The van der Waals surface area contributed by atoms with Gasteiger partial charge in [-0.2, -0.15) is 0 Å². The lowest BCUT2D eigenvalue weighted by Gasteiger charge is -2.06. The molecule has 1 rings (SSSR count). The Balaban J connectivity index is 2.46. The van der Waals surface area contributed by atoms with E-state index in [1.54, 1.807) is 0 Å². The molecule has 0 unspecified atom stereocenters. The molecule has 3 nitrogen and oxygen atoms in total. The molecule has 1 aromatic rings. The predicted octanol–water partition coefficient (Wildman–Crippen LogP) is 3.11. The van der Waals surface area contributed by atoms with E-state index in [1.807, 2.05) is 44.2 Å². The second-order valence-corrected chi connectivity index (χ2v) is 4.39. The van der Waals surface area contributed by atoms with Gasteiger partial charge >= 0.3 is 12.0 Å². The molecule has 0 spiro atoms. The van der Waals surface area contributed by atoms with Crippen LogP contribution in [0.5, 0.6) is 0 Å². The van der Waals surface area contributed by atoms with Crippen molar-refractivity contribution < 1.29 is 9.53 Å². The van der Waals surface area contributed by atoms with Gasteiger partial charge in [-0.05, 0) is 11.5 Å². The normalized spacial score (nSPS) is 11.9. The van der Waals surface area contributed by atoms with Crippen molar-refractivity contribution in [2.24, 2.45) is 5.92 Å². The Labute approximate surface area is 102 Å². The molecule has 0 saturated heterocycles. The van der Waals surface area contributed by atoms with Crippen molar-refractivity contribution in [3.63, 3.8) is 0 Å². The Morgan fingerprint density at radius 1 is 1.35 bits per heavy atom. The lowest BCUT2D eigenvalue weighted by atomic mass is 10.0. The molecule has 0 aliphatic carbocycles. The minimum atomic E-state index is -0.557. The first-order chi connectivity index (χ1) is 8.13. The third-order valence-electron chi connectivity index (χ3n) is 2.37. The number of rotatable bonds is 5. The first kappa shape index (κ1) is 13.2. The fraction of sp³-hybridized carbons (Fsp3) is 0.429. The van der Waals surface area contributed by atoms with E-state index in [9.17, 15) is 4.79 Å². The molecule has 0 aromatic heterocycles. The highest BCUT2D eigenvalue weighted by molar-refractivity contribution is 5.77. The SMILES string of the molecule is C#[N+][C@@H](CC(C)C)C(=O)OCc1ccccc1. The Hall–Kier alpha value is -1.82. The van der Waals surface area contributed by atoms with Crippen molar-refractivity contribution in [2.45, 2.75) is 32.9 Å². The van der Waals surface area contributed by atoms with E-state index in [2.05, 4.69) is 4.85 Å². The molecule has 0 saturated carbocycles. The zero-order valence-corrected chi connectivity index (χ0v) is 10.3. The summed E-state index contributed by atoms with van der Waals surface area (Å²) in [6, 6.07) is 8.99. The molecule has 1 aromatic carbocycles. The first-order valence-electron chi connectivity index (χ1n) is 5.74. The number of carbonyl (C=O) groups excluding carboxylic acids is 1. The number of esters is 1. The molecule has 0 heterocycles. The van der Waals surface area contributed by atoms with Crippen molar-refractivity contribution in [1.82, 2.24) is 0 Å². The van der Waals surface area contributed by atoms with E-state index in [0.717, 1.165) is 5.56 Å². The van der Waals surface area contributed by atoms with Gasteiger partial charge in [-0.25, -0.2) is 4.79 Å². The van der Waals surface area contributed by atoms with Gasteiger partial charge < -0.3 is 4.74 Å². The summed E-state index contributed by atoms with van der Waals surface area (Å²) < 4.78 is 5.17. The Bertz CT molecular complexity index is 392. The lowest BCUT2D eigenvalue weighted by molar-refractivity contribution is -0.145. The summed E-state index contributed by atoms with van der Waals surface area (Å²) in [5, 5.41) is 0. The van der Waals surface area contributed by atoms with Gasteiger partial charge in [0.15, 0.2) is 0 Å². The van der Waals surface area contributed by atoms with Gasteiger partial charge in [0.25, 0.3) is 6.57 Å². The molecule has 0 aliphatic heterocycles. The van der Waals surface area contributed by atoms with Crippen LogP contribution in [0.2, 0.25) is 0 Å². The van der Waals surface area contributed by atoms with Crippen molar-refractivity contribution in [1.29, 1.82) is 0 Å². The molecule has 0 radical (unpaired) electrons. The van der Waals surface area contributed by atoms with Crippen LogP contribution >= 0.6 is 0 Å². The van der Waals surface area contributed by atoms with E-state index >= 15 is 0 Å². The topological polar surface area (TPSA) is 30.7 Å². The summed E-state index contributed by atoms with van der Waals surface area (Å²) in [6.07, 6.45) is 0.615. The van der Waals surface area contributed by atoms with Gasteiger partial charge in [-0.1, -0.05) is 49.0 Å². The number of carbonyl (C=O) groups is 1. The number of ether oxygens (including phenoxy) is 1. The highest BCUT2D eigenvalue weighted by atomic mass is 16.5. The van der Waals surface area contributed by atoms with Crippen LogP contribution in [0.25, 0.3) is 4.85 Å². The molecule has 0 bridgehead atoms. The van der Waals surface area contributed by atoms with E-state index in [4.69, 9.17) is 11.3 Å².